The van der Waals surface area contributed by atoms with E-state index in [0.29, 0.717) is 28.5 Å². The molecule has 0 heterocycles. The summed E-state index contributed by atoms with van der Waals surface area (Å²) in [5.74, 6) is -0.403. The van der Waals surface area contributed by atoms with Crippen LogP contribution in [0.3, 0.4) is 0 Å². The molecule has 3 aromatic carbocycles. The number of amides is 2. The molecule has 0 aromatic heterocycles. The van der Waals surface area contributed by atoms with E-state index in [0.717, 1.165) is 17.5 Å². The minimum absolute atomic E-state index is 0.0280. The highest BCUT2D eigenvalue weighted by atomic mass is 35.5. The minimum Gasteiger partial charge on any atom is -0.376 e. The van der Waals surface area contributed by atoms with Gasteiger partial charge in [-0.2, -0.15) is 0 Å². The molecule has 30 heavy (non-hydrogen) atoms. The standard InChI is InChI=1S/C24H24ClN3O2/c1-17-11-12-19(25)15-22(17)28-23(29)16-27-21-10-6-5-9-20(21)24(30)26-14-13-18-7-3-2-4-8-18/h2-12,15,27H,13-14,16H2,1H3,(H,26,30)(H,28,29). The monoisotopic (exact) mass is 421 g/mol. The van der Waals surface area contributed by atoms with Crippen LogP contribution in [-0.4, -0.2) is 24.9 Å². The van der Waals surface area contributed by atoms with Gasteiger partial charge >= 0.3 is 0 Å². The summed E-state index contributed by atoms with van der Waals surface area (Å²) in [6, 6.07) is 22.5. The summed E-state index contributed by atoms with van der Waals surface area (Å²) < 4.78 is 0. The van der Waals surface area contributed by atoms with Crippen LogP contribution >= 0.6 is 11.6 Å². The molecule has 0 aliphatic rings. The summed E-state index contributed by atoms with van der Waals surface area (Å²) in [5, 5.41) is 9.38. The fourth-order valence-corrected chi connectivity index (χ4v) is 3.17. The van der Waals surface area contributed by atoms with Gasteiger partial charge in [-0.3, -0.25) is 9.59 Å². The van der Waals surface area contributed by atoms with E-state index in [2.05, 4.69) is 16.0 Å². The lowest BCUT2D eigenvalue weighted by Crippen LogP contribution is -2.28. The number of halogens is 1. The Labute approximate surface area is 181 Å². The molecule has 0 bridgehead atoms. The zero-order valence-electron chi connectivity index (χ0n) is 16.7. The van der Waals surface area contributed by atoms with Gasteiger partial charge in [-0.15, -0.1) is 0 Å². The first-order valence-corrected chi connectivity index (χ1v) is 10.1. The van der Waals surface area contributed by atoms with Crippen LogP contribution in [-0.2, 0) is 11.2 Å². The highest BCUT2D eigenvalue weighted by molar-refractivity contribution is 6.31. The molecular formula is C24H24ClN3O2. The van der Waals surface area contributed by atoms with Gasteiger partial charge in [0.15, 0.2) is 0 Å². The number of anilines is 2. The lowest BCUT2D eigenvalue weighted by atomic mass is 10.1. The molecular weight excluding hydrogens is 398 g/mol. The summed E-state index contributed by atoms with van der Waals surface area (Å²) in [7, 11) is 0. The van der Waals surface area contributed by atoms with E-state index in [1.165, 1.54) is 0 Å². The topological polar surface area (TPSA) is 70.2 Å². The van der Waals surface area contributed by atoms with Gasteiger partial charge in [-0.1, -0.05) is 60.1 Å². The number of hydrogen-bond donors (Lipinski definition) is 3. The van der Waals surface area contributed by atoms with E-state index in [9.17, 15) is 9.59 Å². The number of carbonyl (C=O) groups excluding carboxylic acids is 2. The zero-order chi connectivity index (χ0) is 21.3. The van der Waals surface area contributed by atoms with Crippen LogP contribution in [0, 0.1) is 6.92 Å². The van der Waals surface area contributed by atoms with Crippen LogP contribution in [0.25, 0.3) is 0 Å². The van der Waals surface area contributed by atoms with Gasteiger partial charge in [0, 0.05) is 22.9 Å². The fourth-order valence-electron chi connectivity index (χ4n) is 2.99. The lowest BCUT2D eigenvalue weighted by molar-refractivity contribution is -0.114. The van der Waals surface area contributed by atoms with Gasteiger partial charge in [0.05, 0.1) is 12.1 Å². The number of nitrogens with one attached hydrogen (secondary N) is 3. The maximum absolute atomic E-state index is 12.6. The van der Waals surface area contributed by atoms with Crippen molar-refractivity contribution in [1.82, 2.24) is 5.32 Å². The number of aryl methyl sites for hydroxylation is 1. The van der Waals surface area contributed by atoms with Gasteiger partial charge < -0.3 is 16.0 Å². The van der Waals surface area contributed by atoms with E-state index in [4.69, 9.17) is 11.6 Å². The fraction of sp³-hybridized carbons (Fsp3) is 0.167. The lowest BCUT2D eigenvalue weighted by Gasteiger charge is -2.13. The van der Waals surface area contributed by atoms with Crippen molar-refractivity contribution in [3.8, 4) is 0 Å². The van der Waals surface area contributed by atoms with Crippen LogP contribution in [0.15, 0.2) is 72.8 Å². The Morgan fingerprint density at radius 1 is 0.900 bits per heavy atom. The second-order valence-electron chi connectivity index (χ2n) is 6.90. The van der Waals surface area contributed by atoms with Crippen molar-refractivity contribution in [2.24, 2.45) is 0 Å². The third-order valence-corrected chi connectivity index (χ3v) is 4.86. The average Bonchev–Trinajstić information content (AvgIpc) is 2.76. The quantitative estimate of drug-likeness (QED) is 0.495. The van der Waals surface area contributed by atoms with Gasteiger partial charge in [-0.05, 0) is 48.7 Å². The summed E-state index contributed by atoms with van der Waals surface area (Å²) in [6.07, 6.45) is 0.754. The van der Waals surface area contributed by atoms with Crippen molar-refractivity contribution in [2.75, 3.05) is 23.7 Å². The van der Waals surface area contributed by atoms with Crippen molar-refractivity contribution < 1.29 is 9.59 Å². The van der Waals surface area contributed by atoms with Gasteiger partial charge in [-0.25, -0.2) is 0 Å². The molecule has 6 heteroatoms. The first-order valence-electron chi connectivity index (χ1n) is 9.74. The van der Waals surface area contributed by atoms with E-state index < -0.39 is 0 Å². The number of carbonyl (C=O) groups is 2. The van der Waals surface area contributed by atoms with Crippen molar-refractivity contribution in [3.63, 3.8) is 0 Å². The van der Waals surface area contributed by atoms with Crippen molar-refractivity contribution >= 4 is 34.8 Å². The largest absolute Gasteiger partial charge is 0.376 e. The molecule has 0 aliphatic heterocycles. The van der Waals surface area contributed by atoms with E-state index in [1.807, 2.05) is 49.4 Å². The summed E-state index contributed by atoms with van der Waals surface area (Å²) in [4.78, 5) is 24.9. The molecule has 0 aliphatic carbocycles. The minimum atomic E-state index is -0.223. The summed E-state index contributed by atoms with van der Waals surface area (Å²) in [5.41, 5.74) is 3.86. The third kappa shape index (κ3) is 6.09. The Morgan fingerprint density at radius 2 is 1.63 bits per heavy atom. The average molecular weight is 422 g/mol. The molecule has 2 amide bonds. The Bertz CT molecular complexity index is 1020. The maximum atomic E-state index is 12.6. The molecule has 3 rings (SSSR count). The number of benzene rings is 3. The summed E-state index contributed by atoms with van der Waals surface area (Å²) >= 11 is 6.00. The normalized spacial score (nSPS) is 10.3. The summed E-state index contributed by atoms with van der Waals surface area (Å²) in [6.45, 7) is 2.46. The second-order valence-corrected chi connectivity index (χ2v) is 7.33. The van der Waals surface area contributed by atoms with Crippen LogP contribution in [0.4, 0.5) is 11.4 Å². The molecule has 0 radical (unpaired) electrons. The number of rotatable bonds is 8. The van der Waals surface area contributed by atoms with Crippen LogP contribution < -0.4 is 16.0 Å². The van der Waals surface area contributed by atoms with E-state index >= 15 is 0 Å². The molecule has 0 saturated carbocycles. The molecule has 154 valence electrons. The number of hydrogen-bond acceptors (Lipinski definition) is 3. The van der Waals surface area contributed by atoms with E-state index in [1.54, 1.807) is 30.3 Å². The molecule has 0 spiro atoms. The highest BCUT2D eigenvalue weighted by Gasteiger charge is 2.12. The Kier molecular flexibility index (Phi) is 7.46. The molecule has 3 N–H and O–H groups in total. The van der Waals surface area contributed by atoms with Gasteiger partial charge in [0.2, 0.25) is 5.91 Å². The predicted molar refractivity (Wildman–Crippen MR) is 122 cm³/mol. The van der Waals surface area contributed by atoms with Gasteiger partial charge in [0.25, 0.3) is 5.91 Å². The molecule has 5 nitrogen and oxygen atoms in total. The Hall–Kier alpha value is -3.31. The number of para-hydroxylation sites is 1. The first kappa shape index (κ1) is 21.4. The molecule has 0 unspecified atom stereocenters. The smallest absolute Gasteiger partial charge is 0.253 e. The van der Waals surface area contributed by atoms with Gasteiger partial charge in [0.1, 0.15) is 0 Å². The Balaban J connectivity index is 1.56. The molecule has 0 fully saturated rings. The Morgan fingerprint density at radius 3 is 2.43 bits per heavy atom. The van der Waals surface area contributed by atoms with Crippen molar-refractivity contribution in [2.45, 2.75) is 13.3 Å². The molecule has 0 saturated heterocycles. The van der Waals surface area contributed by atoms with Crippen LogP contribution in [0.1, 0.15) is 21.5 Å². The predicted octanol–water partition coefficient (Wildman–Crippen LogP) is 4.67. The maximum Gasteiger partial charge on any atom is 0.253 e. The molecule has 3 aromatic rings. The highest BCUT2D eigenvalue weighted by Crippen LogP contribution is 2.20. The van der Waals surface area contributed by atoms with Crippen LogP contribution in [0.5, 0.6) is 0 Å². The van der Waals surface area contributed by atoms with Crippen LogP contribution in [0.2, 0.25) is 5.02 Å². The SMILES string of the molecule is Cc1ccc(Cl)cc1NC(=O)CNc1ccccc1C(=O)NCCc1ccccc1. The first-order chi connectivity index (χ1) is 14.5. The van der Waals surface area contributed by atoms with Crippen molar-refractivity contribution in [1.29, 1.82) is 0 Å². The zero-order valence-corrected chi connectivity index (χ0v) is 17.5. The van der Waals surface area contributed by atoms with E-state index in [-0.39, 0.29) is 18.4 Å². The van der Waals surface area contributed by atoms with Crippen molar-refractivity contribution in [3.05, 3.63) is 94.5 Å². The molecule has 0 atom stereocenters. The second kappa shape index (κ2) is 10.5. The third-order valence-electron chi connectivity index (χ3n) is 4.63.